The molecule has 28 heavy (non-hydrogen) atoms. The van der Waals surface area contributed by atoms with Crippen molar-refractivity contribution in [3.63, 3.8) is 0 Å². The second kappa shape index (κ2) is 11.5. The summed E-state index contributed by atoms with van der Waals surface area (Å²) in [5, 5.41) is 30.4. The van der Waals surface area contributed by atoms with Gasteiger partial charge in [0.1, 0.15) is 5.75 Å². The molecule has 150 valence electrons. The topological polar surface area (TPSA) is 69.9 Å². The van der Waals surface area contributed by atoms with Gasteiger partial charge in [-0.15, -0.1) is 5.73 Å². The van der Waals surface area contributed by atoms with Crippen molar-refractivity contribution in [1.82, 2.24) is 0 Å². The summed E-state index contributed by atoms with van der Waals surface area (Å²) in [7, 11) is 0. The molecule has 2 atom stereocenters. The lowest BCUT2D eigenvalue weighted by molar-refractivity contribution is 0.0280. The highest BCUT2D eigenvalue weighted by Gasteiger charge is 2.12. The summed E-state index contributed by atoms with van der Waals surface area (Å²) >= 11 is 0. The van der Waals surface area contributed by atoms with E-state index in [0.717, 1.165) is 11.1 Å². The number of aromatic hydroxyl groups is 1. The van der Waals surface area contributed by atoms with Crippen LogP contribution in [0.3, 0.4) is 0 Å². The van der Waals surface area contributed by atoms with Crippen molar-refractivity contribution in [1.29, 1.82) is 0 Å². The van der Waals surface area contributed by atoms with E-state index in [0.29, 0.717) is 25.0 Å². The van der Waals surface area contributed by atoms with Crippen molar-refractivity contribution >= 4 is 0 Å². The fourth-order valence-electron chi connectivity index (χ4n) is 2.86. The van der Waals surface area contributed by atoms with Crippen LogP contribution in [0.1, 0.15) is 43.9 Å². The van der Waals surface area contributed by atoms with Crippen LogP contribution in [0.2, 0.25) is 0 Å². The number of hydrogen-bond acceptors (Lipinski definition) is 4. The minimum atomic E-state index is -0.791. The first-order chi connectivity index (χ1) is 13.5. The van der Waals surface area contributed by atoms with E-state index in [-0.39, 0.29) is 18.3 Å². The van der Waals surface area contributed by atoms with Crippen LogP contribution in [0.5, 0.6) is 5.75 Å². The quantitative estimate of drug-likeness (QED) is 0.528. The molecule has 4 nitrogen and oxygen atoms in total. The van der Waals surface area contributed by atoms with Gasteiger partial charge in [0.15, 0.2) is 0 Å². The molecule has 0 amide bonds. The van der Waals surface area contributed by atoms with E-state index in [9.17, 15) is 15.3 Å². The second-order valence-corrected chi connectivity index (χ2v) is 7.20. The minimum absolute atomic E-state index is 0.0856. The lowest BCUT2D eigenvalue weighted by Crippen LogP contribution is -2.17. The fraction of sp³-hybridized carbons (Fsp3) is 0.375. The molecule has 4 heteroatoms. The molecule has 2 aromatic rings. The van der Waals surface area contributed by atoms with Crippen LogP contribution in [-0.4, -0.2) is 28.0 Å². The molecular formula is C24H30O4. The normalized spacial score (nSPS) is 13.0. The number of aliphatic hydroxyl groups excluding tert-OH is 2. The second-order valence-electron chi connectivity index (χ2n) is 7.20. The Kier molecular flexibility index (Phi) is 8.99. The first-order valence-corrected chi connectivity index (χ1v) is 9.67. The monoisotopic (exact) mass is 382 g/mol. The molecule has 0 radical (unpaired) electrons. The molecule has 2 aromatic carbocycles. The third kappa shape index (κ3) is 7.34. The van der Waals surface area contributed by atoms with Crippen molar-refractivity contribution in [2.45, 2.75) is 45.5 Å². The minimum Gasteiger partial charge on any atom is -0.508 e. The van der Waals surface area contributed by atoms with Gasteiger partial charge in [-0.2, -0.15) is 0 Å². The summed E-state index contributed by atoms with van der Waals surface area (Å²) in [6, 6.07) is 16.6. The van der Waals surface area contributed by atoms with Crippen LogP contribution in [0, 0.1) is 5.92 Å². The highest BCUT2D eigenvalue weighted by molar-refractivity contribution is 5.33. The number of phenols is 1. The van der Waals surface area contributed by atoms with Crippen molar-refractivity contribution in [2.75, 3.05) is 6.61 Å². The number of rotatable bonds is 10. The van der Waals surface area contributed by atoms with Gasteiger partial charge in [0, 0.05) is 18.4 Å². The van der Waals surface area contributed by atoms with Gasteiger partial charge < -0.3 is 20.1 Å². The summed E-state index contributed by atoms with van der Waals surface area (Å²) in [5.74, 6) is 0.310. The molecule has 0 spiro atoms. The third-order valence-corrected chi connectivity index (χ3v) is 4.50. The number of benzene rings is 2. The van der Waals surface area contributed by atoms with Crippen LogP contribution in [0.15, 0.2) is 72.0 Å². The summed E-state index contributed by atoms with van der Waals surface area (Å²) in [4.78, 5) is 0. The van der Waals surface area contributed by atoms with Gasteiger partial charge in [0.05, 0.1) is 25.4 Å². The van der Waals surface area contributed by atoms with Crippen molar-refractivity contribution < 1.29 is 20.1 Å². The van der Waals surface area contributed by atoms with Crippen molar-refractivity contribution in [3.8, 4) is 5.75 Å². The lowest BCUT2D eigenvalue weighted by Gasteiger charge is -2.15. The Bertz CT molecular complexity index is 776. The standard InChI is InChI=1S/C24H30O4/c1-18(2)20(11-8-14-24(27)22-12-6-7-13-23(22)26)15-21(25)17-28-16-19-9-4-3-5-10-19/h3-10,12-13,18,21,24-27H,14-17H2,1-2H3/t11?,21-,24-/m1/s1. The molecule has 3 N–H and O–H groups in total. The number of ether oxygens (including phenoxy) is 1. The fourth-order valence-corrected chi connectivity index (χ4v) is 2.86. The Morgan fingerprint density at radius 1 is 1.04 bits per heavy atom. The van der Waals surface area contributed by atoms with Crippen LogP contribution in [-0.2, 0) is 11.3 Å². The van der Waals surface area contributed by atoms with Gasteiger partial charge in [-0.05, 0) is 29.2 Å². The van der Waals surface area contributed by atoms with E-state index in [4.69, 9.17) is 4.74 Å². The zero-order valence-electron chi connectivity index (χ0n) is 16.6. The van der Waals surface area contributed by atoms with E-state index < -0.39 is 12.2 Å². The van der Waals surface area contributed by atoms with E-state index in [1.54, 1.807) is 30.3 Å². The van der Waals surface area contributed by atoms with Gasteiger partial charge >= 0.3 is 0 Å². The number of phenolic OH excluding ortho intramolecular Hbond substituents is 1. The van der Waals surface area contributed by atoms with E-state index >= 15 is 0 Å². The first-order valence-electron chi connectivity index (χ1n) is 9.67. The van der Waals surface area contributed by atoms with Gasteiger partial charge in [-0.1, -0.05) is 62.4 Å². The molecule has 0 saturated heterocycles. The predicted molar refractivity (Wildman–Crippen MR) is 111 cm³/mol. The molecule has 0 aliphatic heterocycles. The van der Waals surface area contributed by atoms with E-state index in [2.05, 4.69) is 5.73 Å². The lowest BCUT2D eigenvalue weighted by atomic mass is 9.97. The zero-order chi connectivity index (χ0) is 20.4. The maximum absolute atomic E-state index is 10.3. The van der Waals surface area contributed by atoms with Crippen molar-refractivity contribution in [3.05, 3.63) is 83.1 Å². The average Bonchev–Trinajstić information content (AvgIpc) is 2.68. The highest BCUT2D eigenvalue weighted by atomic mass is 16.5. The molecule has 0 heterocycles. The molecule has 0 fully saturated rings. The highest BCUT2D eigenvalue weighted by Crippen LogP contribution is 2.26. The Balaban J connectivity index is 1.88. The van der Waals surface area contributed by atoms with Crippen LogP contribution in [0.4, 0.5) is 0 Å². The molecular weight excluding hydrogens is 352 g/mol. The number of para-hydroxylation sites is 1. The van der Waals surface area contributed by atoms with E-state index in [1.165, 1.54) is 0 Å². The third-order valence-electron chi connectivity index (χ3n) is 4.50. The Labute approximate surface area is 167 Å². The summed E-state index contributed by atoms with van der Waals surface area (Å²) < 4.78 is 5.61. The maximum atomic E-state index is 10.3. The SMILES string of the molecule is CC(C)C(=C=CC[C@@H](O)c1ccccc1O)C[C@@H](O)COCc1ccccc1. The van der Waals surface area contributed by atoms with Crippen LogP contribution >= 0.6 is 0 Å². The van der Waals surface area contributed by atoms with Gasteiger partial charge in [0.2, 0.25) is 0 Å². The smallest absolute Gasteiger partial charge is 0.121 e. The zero-order valence-corrected chi connectivity index (χ0v) is 16.6. The average molecular weight is 383 g/mol. The van der Waals surface area contributed by atoms with Crippen LogP contribution in [0.25, 0.3) is 0 Å². The molecule has 0 bridgehead atoms. The summed E-state index contributed by atoms with van der Waals surface area (Å²) in [6.07, 6.45) is 1.18. The molecule has 0 aliphatic rings. The number of aliphatic hydroxyl groups is 2. The number of hydrogen-bond donors (Lipinski definition) is 3. The molecule has 2 rings (SSSR count). The Morgan fingerprint density at radius 2 is 1.71 bits per heavy atom. The molecule has 0 aromatic heterocycles. The predicted octanol–water partition coefficient (Wildman–Crippen LogP) is 4.52. The summed E-state index contributed by atoms with van der Waals surface area (Å²) in [5.41, 5.74) is 5.76. The molecule has 0 aliphatic carbocycles. The molecule has 0 unspecified atom stereocenters. The molecule has 0 saturated carbocycles. The Hall–Kier alpha value is -2.36. The first kappa shape index (κ1) is 21.9. The Morgan fingerprint density at radius 3 is 2.39 bits per heavy atom. The van der Waals surface area contributed by atoms with Crippen LogP contribution < -0.4 is 0 Å². The van der Waals surface area contributed by atoms with E-state index in [1.807, 2.05) is 44.2 Å². The van der Waals surface area contributed by atoms with Crippen molar-refractivity contribution in [2.24, 2.45) is 5.92 Å². The summed E-state index contributed by atoms with van der Waals surface area (Å²) in [6.45, 7) is 4.83. The van der Waals surface area contributed by atoms with Gasteiger partial charge in [-0.3, -0.25) is 0 Å². The maximum Gasteiger partial charge on any atom is 0.121 e. The largest absolute Gasteiger partial charge is 0.508 e. The van der Waals surface area contributed by atoms with Gasteiger partial charge in [-0.25, -0.2) is 0 Å². The van der Waals surface area contributed by atoms with Gasteiger partial charge in [0.25, 0.3) is 0 Å².